The van der Waals surface area contributed by atoms with Crippen LogP contribution in [0.2, 0.25) is 0 Å². The summed E-state index contributed by atoms with van der Waals surface area (Å²) in [5.41, 5.74) is 0.646. The van der Waals surface area contributed by atoms with Crippen LogP contribution in [0.4, 0.5) is 0 Å². The van der Waals surface area contributed by atoms with Gasteiger partial charge < -0.3 is 0 Å². The van der Waals surface area contributed by atoms with E-state index >= 15 is 0 Å². The number of benzene rings is 2. The second-order valence-corrected chi connectivity index (χ2v) is 5.99. The van der Waals surface area contributed by atoms with Gasteiger partial charge in [-0.25, -0.2) is 0 Å². The van der Waals surface area contributed by atoms with Gasteiger partial charge in [-0.1, -0.05) is 42.5 Å². The molecule has 0 saturated heterocycles. The van der Waals surface area contributed by atoms with Crippen LogP contribution in [0.15, 0.2) is 54.6 Å². The minimum Gasteiger partial charge on any atom is -0.298 e. The number of nitrogens with zero attached hydrogens (tertiary/aromatic N) is 1. The van der Waals surface area contributed by atoms with Gasteiger partial charge in [0, 0.05) is 9.99 Å². The topological polar surface area (TPSA) is 40.9 Å². The van der Waals surface area contributed by atoms with Crippen LogP contribution in [0.1, 0.15) is 18.1 Å². The van der Waals surface area contributed by atoms with Crippen molar-refractivity contribution >= 4 is 28.4 Å². The number of rotatable bonds is 4. The van der Waals surface area contributed by atoms with Gasteiger partial charge in [0.15, 0.2) is 5.78 Å². The average molecular weight is 375 g/mol. The van der Waals surface area contributed by atoms with E-state index in [2.05, 4.69) is 28.7 Å². The maximum atomic E-state index is 12.1. The third kappa shape index (κ3) is 2.91. The number of Topliss-reactive ketones (excluding diaryl/α,β-unsaturated/α-hetero) is 1. The van der Waals surface area contributed by atoms with Crippen molar-refractivity contribution in [1.82, 2.24) is 0 Å². The highest BCUT2D eigenvalue weighted by atomic mass is 127. The fraction of sp³-hybridized carbons (Fsp3) is 0.176. The molecule has 2 nitrogen and oxygen atoms in total. The molecule has 100 valence electrons. The van der Waals surface area contributed by atoms with Gasteiger partial charge in [-0.2, -0.15) is 5.26 Å². The lowest BCUT2D eigenvalue weighted by atomic mass is 9.74. The summed E-state index contributed by atoms with van der Waals surface area (Å²) in [6, 6.07) is 19.5. The molecule has 0 N–H and O–H groups in total. The molecule has 1 unspecified atom stereocenters. The van der Waals surface area contributed by atoms with Gasteiger partial charge in [-0.05, 0) is 52.8 Å². The standard InChI is InChI=1S/C17H14INO/c1-13(20)17(12-19,15-5-3-2-4-6-15)11-14-7-9-16(18)10-8-14/h2-10H,11H2,1H3. The molecule has 0 bridgehead atoms. The Kier molecular flexibility index (Phi) is 4.56. The number of nitriles is 1. The number of carbonyl (C=O) groups excluding carboxylic acids is 1. The Morgan fingerprint density at radius 1 is 1.15 bits per heavy atom. The summed E-state index contributed by atoms with van der Waals surface area (Å²) < 4.78 is 1.14. The molecule has 1 atom stereocenters. The molecule has 2 aromatic carbocycles. The molecule has 20 heavy (non-hydrogen) atoms. The molecular formula is C17H14INO. The summed E-state index contributed by atoms with van der Waals surface area (Å²) in [7, 11) is 0. The van der Waals surface area contributed by atoms with E-state index < -0.39 is 5.41 Å². The molecule has 0 aliphatic carbocycles. The first-order chi connectivity index (χ1) is 9.58. The van der Waals surface area contributed by atoms with Crippen LogP contribution in [0.5, 0.6) is 0 Å². The first kappa shape index (κ1) is 14.7. The second kappa shape index (κ2) is 6.19. The summed E-state index contributed by atoms with van der Waals surface area (Å²) >= 11 is 2.24. The molecule has 0 heterocycles. The highest BCUT2D eigenvalue weighted by molar-refractivity contribution is 14.1. The highest BCUT2D eigenvalue weighted by Gasteiger charge is 2.37. The molecule has 0 amide bonds. The number of ketones is 1. The van der Waals surface area contributed by atoms with Gasteiger partial charge >= 0.3 is 0 Å². The van der Waals surface area contributed by atoms with Crippen molar-refractivity contribution in [3.63, 3.8) is 0 Å². The van der Waals surface area contributed by atoms with Crippen molar-refractivity contribution in [1.29, 1.82) is 5.26 Å². The summed E-state index contributed by atoms with van der Waals surface area (Å²) in [5, 5.41) is 9.64. The van der Waals surface area contributed by atoms with Gasteiger partial charge in [0.25, 0.3) is 0 Å². The summed E-state index contributed by atoms with van der Waals surface area (Å²) in [4.78, 5) is 12.1. The van der Waals surface area contributed by atoms with Crippen molar-refractivity contribution in [3.8, 4) is 6.07 Å². The van der Waals surface area contributed by atoms with Crippen LogP contribution in [0, 0.1) is 14.9 Å². The predicted octanol–water partition coefficient (Wildman–Crippen LogP) is 3.88. The number of carbonyl (C=O) groups is 1. The number of hydrogen-bond acceptors (Lipinski definition) is 2. The Labute approximate surface area is 132 Å². The van der Waals surface area contributed by atoms with E-state index in [9.17, 15) is 10.1 Å². The Morgan fingerprint density at radius 2 is 1.75 bits per heavy atom. The fourth-order valence-electron chi connectivity index (χ4n) is 2.24. The fourth-order valence-corrected chi connectivity index (χ4v) is 2.60. The Bertz CT molecular complexity index is 643. The van der Waals surface area contributed by atoms with Crippen LogP contribution >= 0.6 is 22.6 Å². The van der Waals surface area contributed by atoms with Crippen molar-refractivity contribution in [2.75, 3.05) is 0 Å². The predicted molar refractivity (Wildman–Crippen MR) is 87.3 cm³/mol. The minimum absolute atomic E-state index is 0.121. The molecular weight excluding hydrogens is 361 g/mol. The lowest BCUT2D eigenvalue weighted by Gasteiger charge is -2.24. The Balaban J connectivity index is 2.46. The van der Waals surface area contributed by atoms with Gasteiger partial charge in [-0.3, -0.25) is 4.79 Å². The quantitative estimate of drug-likeness (QED) is 0.761. The minimum atomic E-state index is -1.10. The molecule has 0 fully saturated rings. The number of halogens is 1. The first-order valence-electron chi connectivity index (χ1n) is 6.31. The second-order valence-electron chi connectivity index (χ2n) is 4.74. The molecule has 0 aliphatic rings. The van der Waals surface area contributed by atoms with E-state index in [4.69, 9.17) is 0 Å². The van der Waals surface area contributed by atoms with Crippen LogP contribution in [0.25, 0.3) is 0 Å². The molecule has 2 aromatic rings. The largest absolute Gasteiger partial charge is 0.298 e. The summed E-state index contributed by atoms with van der Waals surface area (Å²) in [6.07, 6.45) is 0.403. The van der Waals surface area contributed by atoms with Crippen molar-refractivity contribution in [2.45, 2.75) is 18.8 Å². The lowest BCUT2D eigenvalue weighted by molar-refractivity contribution is -0.120. The van der Waals surface area contributed by atoms with E-state index in [-0.39, 0.29) is 5.78 Å². The summed E-state index contributed by atoms with van der Waals surface area (Å²) in [6.45, 7) is 1.49. The number of hydrogen-bond donors (Lipinski definition) is 0. The molecule has 0 saturated carbocycles. The van der Waals surface area contributed by atoms with Crippen LogP contribution in [-0.2, 0) is 16.6 Å². The highest BCUT2D eigenvalue weighted by Crippen LogP contribution is 2.29. The van der Waals surface area contributed by atoms with E-state index in [0.717, 1.165) is 14.7 Å². The molecule has 0 radical (unpaired) electrons. The van der Waals surface area contributed by atoms with E-state index in [1.54, 1.807) is 0 Å². The zero-order chi connectivity index (χ0) is 14.6. The SMILES string of the molecule is CC(=O)C(C#N)(Cc1ccc(I)cc1)c1ccccc1. The zero-order valence-corrected chi connectivity index (χ0v) is 13.3. The molecule has 0 aromatic heterocycles. The first-order valence-corrected chi connectivity index (χ1v) is 7.38. The average Bonchev–Trinajstić information content (AvgIpc) is 2.47. The maximum absolute atomic E-state index is 12.1. The van der Waals surface area contributed by atoms with E-state index in [1.807, 2.05) is 54.6 Å². The third-order valence-corrected chi connectivity index (χ3v) is 4.16. The van der Waals surface area contributed by atoms with Gasteiger partial charge in [0.2, 0.25) is 0 Å². The van der Waals surface area contributed by atoms with Crippen molar-refractivity contribution in [2.24, 2.45) is 0 Å². The van der Waals surface area contributed by atoms with Gasteiger partial charge in [-0.15, -0.1) is 0 Å². The third-order valence-electron chi connectivity index (χ3n) is 3.44. The van der Waals surface area contributed by atoms with Crippen molar-refractivity contribution in [3.05, 3.63) is 69.3 Å². The monoisotopic (exact) mass is 375 g/mol. The lowest BCUT2D eigenvalue weighted by Crippen LogP contribution is -2.35. The normalized spacial score (nSPS) is 13.2. The molecule has 3 heteroatoms. The molecule has 2 rings (SSSR count). The van der Waals surface area contributed by atoms with E-state index in [1.165, 1.54) is 6.92 Å². The van der Waals surface area contributed by atoms with Gasteiger partial charge in [0.05, 0.1) is 6.07 Å². The maximum Gasteiger partial charge on any atom is 0.154 e. The van der Waals surface area contributed by atoms with Gasteiger partial charge in [0.1, 0.15) is 5.41 Å². The summed E-state index contributed by atoms with van der Waals surface area (Å²) in [5.74, 6) is -0.121. The smallest absolute Gasteiger partial charge is 0.154 e. The van der Waals surface area contributed by atoms with E-state index in [0.29, 0.717) is 6.42 Å². The van der Waals surface area contributed by atoms with Crippen LogP contribution < -0.4 is 0 Å². The van der Waals surface area contributed by atoms with Crippen molar-refractivity contribution < 1.29 is 4.79 Å². The Morgan fingerprint density at radius 3 is 2.25 bits per heavy atom. The molecule has 0 spiro atoms. The van der Waals surface area contributed by atoms with Crippen LogP contribution in [0.3, 0.4) is 0 Å². The zero-order valence-electron chi connectivity index (χ0n) is 11.1. The van der Waals surface area contributed by atoms with Crippen LogP contribution in [-0.4, -0.2) is 5.78 Å². The Hall–Kier alpha value is -1.67. The molecule has 0 aliphatic heterocycles.